The molecular weight excluding hydrogens is 356 g/mol. The lowest BCUT2D eigenvalue weighted by Gasteiger charge is -2.19. The van der Waals surface area contributed by atoms with Crippen LogP contribution in [0.15, 0.2) is 41.2 Å². The van der Waals surface area contributed by atoms with E-state index in [1.807, 2.05) is 0 Å². The van der Waals surface area contributed by atoms with Gasteiger partial charge in [-0.1, -0.05) is 63.5 Å². The summed E-state index contributed by atoms with van der Waals surface area (Å²) in [5.74, 6) is 0. The van der Waals surface area contributed by atoms with Crippen LogP contribution in [0.25, 0.3) is 20.2 Å². The highest BCUT2D eigenvalue weighted by Gasteiger charge is 2.20. The molecular formula is C21H28OSSi2. The Balaban J connectivity index is 2.35. The fourth-order valence-corrected chi connectivity index (χ4v) is 7.58. The van der Waals surface area contributed by atoms with Crippen LogP contribution < -0.4 is 5.43 Å². The molecule has 0 fully saturated rings. The van der Waals surface area contributed by atoms with Crippen molar-refractivity contribution in [2.75, 3.05) is 0 Å². The molecule has 3 rings (SSSR count). The van der Waals surface area contributed by atoms with Crippen molar-refractivity contribution in [2.24, 2.45) is 0 Å². The van der Waals surface area contributed by atoms with E-state index in [9.17, 15) is 4.79 Å². The number of rotatable bonds is 4. The summed E-state index contributed by atoms with van der Waals surface area (Å²) >= 11 is 1.78. The van der Waals surface area contributed by atoms with Crippen molar-refractivity contribution >= 4 is 47.7 Å². The maximum Gasteiger partial charge on any atom is 0.196 e. The standard InChI is InChI=1S/C21H28OSSi2/c1-24(2,3)13-15-9-7-11-17-19(15)21(22)20-16(14-25(4,5)6)10-8-12-18(20)23-17/h7-12H,13-14H2,1-6H3. The Kier molecular flexibility index (Phi) is 4.82. The third kappa shape index (κ3) is 4.13. The van der Waals surface area contributed by atoms with Crippen molar-refractivity contribution in [1.82, 2.24) is 0 Å². The predicted octanol–water partition coefficient (Wildman–Crippen LogP) is 6.25. The lowest BCUT2D eigenvalue weighted by atomic mass is 10.1. The Morgan fingerprint density at radius 3 is 1.48 bits per heavy atom. The number of fused-ring (bicyclic) bond motifs is 2. The highest BCUT2D eigenvalue weighted by molar-refractivity contribution is 7.24. The zero-order chi connectivity index (χ0) is 18.4. The van der Waals surface area contributed by atoms with Crippen LogP contribution in [0.3, 0.4) is 0 Å². The van der Waals surface area contributed by atoms with Gasteiger partial charge in [0.2, 0.25) is 0 Å². The SMILES string of the molecule is C[Si](C)(C)Cc1cccc2sc3cccc(C[Si](C)(C)C)c3c(=O)c12. The largest absolute Gasteiger partial charge is 0.288 e. The third-order valence-corrected chi connectivity index (χ3v) is 8.34. The van der Waals surface area contributed by atoms with E-state index in [0.717, 1.165) is 32.3 Å². The maximum absolute atomic E-state index is 13.5. The first-order valence-electron chi connectivity index (χ1n) is 9.01. The number of hydrogen-bond donors (Lipinski definition) is 0. The Labute approximate surface area is 156 Å². The third-order valence-electron chi connectivity index (χ3n) is 4.34. The van der Waals surface area contributed by atoms with Gasteiger partial charge in [-0.15, -0.1) is 11.3 Å². The summed E-state index contributed by atoms with van der Waals surface area (Å²) in [6, 6.07) is 14.9. The van der Waals surface area contributed by atoms with E-state index >= 15 is 0 Å². The van der Waals surface area contributed by atoms with E-state index in [-0.39, 0.29) is 5.43 Å². The molecule has 4 heteroatoms. The van der Waals surface area contributed by atoms with Gasteiger partial charge in [0.15, 0.2) is 5.43 Å². The lowest BCUT2D eigenvalue weighted by Crippen LogP contribution is -2.26. The fourth-order valence-electron chi connectivity index (χ4n) is 3.52. The monoisotopic (exact) mass is 384 g/mol. The van der Waals surface area contributed by atoms with Crippen molar-refractivity contribution < 1.29 is 0 Å². The fraction of sp³-hybridized carbons (Fsp3) is 0.381. The summed E-state index contributed by atoms with van der Waals surface area (Å²) < 4.78 is 2.27. The average molecular weight is 385 g/mol. The highest BCUT2D eigenvalue weighted by atomic mass is 32.1. The molecule has 1 aromatic heterocycles. The molecule has 0 aliphatic rings. The second-order valence-electron chi connectivity index (χ2n) is 9.49. The van der Waals surface area contributed by atoms with Crippen molar-refractivity contribution in [1.29, 1.82) is 0 Å². The van der Waals surface area contributed by atoms with Crippen molar-refractivity contribution in [3.63, 3.8) is 0 Å². The Morgan fingerprint density at radius 2 is 1.12 bits per heavy atom. The second kappa shape index (κ2) is 6.49. The zero-order valence-electron chi connectivity index (χ0n) is 16.2. The molecule has 2 aromatic carbocycles. The van der Waals surface area contributed by atoms with Crippen molar-refractivity contribution in [2.45, 2.75) is 51.4 Å². The van der Waals surface area contributed by atoms with Gasteiger partial charge < -0.3 is 0 Å². The zero-order valence-corrected chi connectivity index (χ0v) is 19.0. The molecule has 0 bridgehead atoms. The van der Waals surface area contributed by atoms with E-state index in [0.29, 0.717) is 0 Å². The van der Waals surface area contributed by atoms with Gasteiger partial charge in [-0.25, -0.2) is 0 Å². The quantitative estimate of drug-likeness (QED) is 0.383. The van der Waals surface area contributed by atoms with Crippen LogP contribution in [0.4, 0.5) is 0 Å². The summed E-state index contributed by atoms with van der Waals surface area (Å²) in [6.45, 7) is 14.2. The topological polar surface area (TPSA) is 17.1 Å². The summed E-state index contributed by atoms with van der Waals surface area (Å²) in [7, 11) is -2.57. The Morgan fingerprint density at radius 1 is 0.720 bits per heavy atom. The van der Waals surface area contributed by atoms with E-state index in [4.69, 9.17) is 0 Å². The molecule has 0 saturated heterocycles. The number of hydrogen-bond acceptors (Lipinski definition) is 2. The first-order valence-corrected chi connectivity index (χ1v) is 17.2. The van der Waals surface area contributed by atoms with Crippen molar-refractivity contribution in [3.05, 3.63) is 57.7 Å². The predicted molar refractivity (Wildman–Crippen MR) is 120 cm³/mol. The molecule has 132 valence electrons. The van der Waals surface area contributed by atoms with Crippen LogP contribution in [0, 0.1) is 0 Å². The van der Waals surface area contributed by atoms with Gasteiger partial charge in [0.25, 0.3) is 0 Å². The van der Waals surface area contributed by atoms with Crippen LogP contribution in [-0.2, 0) is 12.1 Å². The second-order valence-corrected chi connectivity index (χ2v) is 21.5. The van der Waals surface area contributed by atoms with Crippen LogP contribution in [0.5, 0.6) is 0 Å². The molecule has 1 heterocycles. The number of benzene rings is 2. The summed E-state index contributed by atoms with van der Waals surface area (Å²) in [5, 5.41) is 1.95. The molecule has 0 atom stereocenters. The van der Waals surface area contributed by atoms with Crippen LogP contribution >= 0.6 is 11.3 Å². The molecule has 0 spiro atoms. The van der Waals surface area contributed by atoms with Gasteiger partial charge in [-0.05, 0) is 35.3 Å². The summed E-state index contributed by atoms with van der Waals surface area (Å²) in [5.41, 5.74) is 2.76. The summed E-state index contributed by atoms with van der Waals surface area (Å²) in [6.07, 6.45) is 0. The van der Waals surface area contributed by atoms with Gasteiger partial charge in [-0.2, -0.15) is 0 Å². The molecule has 1 nitrogen and oxygen atoms in total. The van der Waals surface area contributed by atoms with E-state index in [2.05, 4.69) is 75.7 Å². The van der Waals surface area contributed by atoms with Gasteiger partial charge >= 0.3 is 0 Å². The van der Waals surface area contributed by atoms with E-state index in [1.165, 1.54) is 11.1 Å². The average Bonchev–Trinajstić information content (AvgIpc) is 2.43. The first-order chi connectivity index (χ1) is 11.6. The smallest absolute Gasteiger partial charge is 0.196 e. The Hall–Kier alpha value is -1.24. The minimum Gasteiger partial charge on any atom is -0.288 e. The minimum atomic E-state index is -1.28. The van der Waals surface area contributed by atoms with Crippen LogP contribution in [0.1, 0.15) is 11.1 Å². The summed E-state index contributed by atoms with van der Waals surface area (Å²) in [4.78, 5) is 13.5. The van der Waals surface area contributed by atoms with Gasteiger partial charge in [0, 0.05) is 36.3 Å². The molecule has 0 N–H and O–H groups in total. The van der Waals surface area contributed by atoms with Crippen LogP contribution in [0.2, 0.25) is 39.3 Å². The highest BCUT2D eigenvalue weighted by Crippen LogP contribution is 2.30. The normalized spacial score (nSPS) is 12.9. The molecule has 0 radical (unpaired) electrons. The Bertz CT molecular complexity index is 914. The van der Waals surface area contributed by atoms with Crippen LogP contribution in [-0.4, -0.2) is 16.1 Å². The van der Waals surface area contributed by atoms with Gasteiger partial charge in [0.1, 0.15) is 0 Å². The van der Waals surface area contributed by atoms with Crippen molar-refractivity contribution in [3.8, 4) is 0 Å². The molecule has 25 heavy (non-hydrogen) atoms. The first kappa shape index (κ1) is 18.6. The molecule has 0 aliphatic heterocycles. The van der Waals surface area contributed by atoms with E-state index in [1.54, 1.807) is 11.3 Å². The maximum atomic E-state index is 13.5. The molecule has 0 saturated carbocycles. The van der Waals surface area contributed by atoms with E-state index < -0.39 is 16.1 Å². The minimum absolute atomic E-state index is 0.256. The molecule has 0 unspecified atom stereocenters. The van der Waals surface area contributed by atoms with Gasteiger partial charge in [-0.3, -0.25) is 4.79 Å². The lowest BCUT2D eigenvalue weighted by molar-refractivity contribution is 1.33. The molecule has 3 aromatic rings. The molecule has 0 amide bonds. The molecule has 0 aliphatic carbocycles. The van der Waals surface area contributed by atoms with Gasteiger partial charge in [0.05, 0.1) is 0 Å².